The van der Waals surface area contributed by atoms with E-state index >= 15 is 0 Å². The lowest BCUT2D eigenvalue weighted by Gasteiger charge is -2.34. The molecule has 0 radical (unpaired) electrons. The molecule has 4 heterocycles. The standard InChI is InChI=1S/C34H43N7O3S/c1-23(40-13-7-12-29(40)26-9-6-8-25(18-26)20-39-16-14-38(3)15-17-39)32(42)33(43)34(44)35-19-31-37-27(22-45-31)21-41-24(2)36-28-10-4-5-11-30(28)41/h4-6,8-11,18,22,29,32-33,42-43H,1,7,12-17,19-21H2,2-3H3,(H,35,44). The number of nitrogens with one attached hydrogen (secondary N) is 1. The van der Waals surface area contributed by atoms with E-state index in [0.29, 0.717) is 18.8 Å². The van der Waals surface area contributed by atoms with Gasteiger partial charge >= 0.3 is 0 Å². The number of fused-ring (bicyclic) bond motifs is 1. The number of aliphatic hydroxyl groups excluding tert-OH is 2. The Morgan fingerprint density at radius 3 is 2.67 bits per heavy atom. The minimum Gasteiger partial charge on any atom is -0.384 e. The number of piperazine rings is 1. The van der Waals surface area contributed by atoms with Crippen molar-refractivity contribution in [1.82, 2.24) is 34.6 Å². The molecule has 0 spiro atoms. The maximum atomic E-state index is 12.9. The average molecular weight is 630 g/mol. The number of hydrogen-bond acceptors (Lipinski definition) is 9. The monoisotopic (exact) mass is 629 g/mol. The number of aromatic nitrogens is 3. The van der Waals surface area contributed by atoms with Gasteiger partial charge < -0.3 is 29.9 Å². The van der Waals surface area contributed by atoms with E-state index in [1.807, 2.05) is 41.5 Å². The van der Waals surface area contributed by atoms with Crippen molar-refractivity contribution in [2.45, 2.75) is 57.6 Å². The second-order valence-corrected chi connectivity index (χ2v) is 13.2. The number of nitrogens with zero attached hydrogens (tertiary/aromatic N) is 6. The summed E-state index contributed by atoms with van der Waals surface area (Å²) in [6.45, 7) is 12.8. The molecule has 3 N–H and O–H groups in total. The number of aryl methyl sites for hydroxylation is 1. The third kappa shape index (κ3) is 7.13. The van der Waals surface area contributed by atoms with Crippen LogP contribution in [0.15, 0.2) is 66.2 Å². The molecular formula is C34H43N7O3S. The van der Waals surface area contributed by atoms with E-state index in [1.165, 1.54) is 22.5 Å². The van der Waals surface area contributed by atoms with Crippen molar-refractivity contribution < 1.29 is 15.0 Å². The van der Waals surface area contributed by atoms with Crippen molar-refractivity contribution in [1.29, 1.82) is 0 Å². The summed E-state index contributed by atoms with van der Waals surface area (Å²) in [6.07, 6.45) is -1.18. The van der Waals surface area contributed by atoms with Gasteiger partial charge in [-0.15, -0.1) is 11.3 Å². The summed E-state index contributed by atoms with van der Waals surface area (Å²) in [6, 6.07) is 16.7. The van der Waals surface area contributed by atoms with Gasteiger partial charge in [-0.2, -0.15) is 0 Å². The Bertz CT molecular complexity index is 1640. The molecule has 2 aromatic heterocycles. The molecule has 2 aliphatic heterocycles. The summed E-state index contributed by atoms with van der Waals surface area (Å²) >= 11 is 1.45. The van der Waals surface area contributed by atoms with Crippen LogP contribution in [0.4, 0.5) is 0 Å². The number of imidazole rings is 1. The van der Waals surface area contributed by atoms with Crippen LogP contribution in [0.3, 0.4) is 0 Å². The molecular weight excluding hydrogens is 586 g/mol. The number of aliphatic hydroxyl groups is 2. The van der Waals surface area contributed by atoms with Crippen molar-refractivity contribution >= 4 is 28.3 Å². The maximum Gasteiger partial charge on any atom is 0.252 e. The molecule has 3 atom stereocenters. The van der Waals surface area contributed by atoms with E-state index in [0.717, 1.165) is 73.1 Å². The molecule has 3 unspecified atom stereocenters. The number of carbonyl (C=O) groups excluding carboxylic acids is 1. The van der Waals surface area contributed by atoms with E-state index in [4.69, 9.17) is 0 Å². The number of para-hydroxylation sites is 2. The molecule has 0 aliphatic carbocycles. The van der Waals surface area contributed by atoms with Crippen LogP contribution in [0.5, 0.6) is 0 Å². The number of rotatable bonds is 11. The van der Waals surface area contributed by atoms with Crippen LogP contribution in [0.1, 0.15) is 46.5 Å². The lowest BCUT2D eigenvalue weighted by molar-refractivity contribution is -0.134. The SMILES string of the molecule is C=C(C(O)C(O)C(=O)NCc1nc(Cn2c(C)nc3ccccc32)cs1)N1CCCC1c1cccc(CN2CCN(C)CC2)c1. The first-order valence-electron chi connectivity index (χ1n) is 15.7. The number of likely N-dealkylation sites (N-methyl/N-ethyl adjacent to an activating group) is 1. The van der Waals surface area contributed by atoms with E-state index in [2.05, 4.69) is 67.5 Å². The Morgan fingerprint density at radius 1 is 1.04 bits per heavy atom. The van der Waals surface area contributed by atoms with Crippen molar-refractivity contribution in [2.75, 3.05) is 39.8 Å². The molecule has 238 valence electrons. The molecule has 1 amide bonds. The fourth-order valence-corrected chi connectivity index (χ4v) is 7.17. The molecule has 2 fully saturated rings. The van der Waals surface area contributed by atoms with Crippen molar-refractivity contribution in [3.63, 3.8) is 0 Å². The van der Waals surface area contributed by atoms with Crippen molar-refractivity contribution in [3.05, 3.63) is 93.8 Å². The van der Waals surface area contributed by atoms with E-state index in [1.54, 1.807) is 0 Å². The van der Waals surface area contributed by atoms with Gasteiger partial charge in [-0.1, -0.05) is 43.0 Å². The Kier molecular flexibility index (Phi) is 9.62. The van der Waals surface area contributed by atoms with Crippen LogP contribution in [0.2, 0.25) is 0 Å². The quantitative estimate of drug-likeness (QED) is 0.232. The molecule has 0 bridgehead atoms. The minimum atomic E-state index is -1.64. The smallest absolute Gasteiger partial charge is 0.252 e. The van der Waals surface area contributed by atoms with Crippen LogP contribution in [-0.4, -0.2) is 97.3 Å². The van der Waals surface area contributed by atoms with E-state index in [-0.39, 0.29) is 12.6 Å². The van der Waals surface area contributed by atoms with Gasteiger partial charge in [0.15, 0.2) is 6.10 Å². The Balaban J connectivity index is 1.03. The summed E-state index contributed by atoms with van der Waals surface area (Å²) in [7, 11) is 2.16. The highest BCUT2D eigenvalue weighted by atomic mass is 32.1. The molecule has 11 heteroatoms. The largest absolute Gasteiger partial charge is 0.384 e. The zero-order chi connectivity index (χ0) is 31.5. The predicted octanol–water partition coefficient (Wildman–Crippen LogP) is 3.29. The van der Waals surface area contributed by atoms with Gasteiger partial charge in [0.25, 0.3) is 5.91 Å². The average Bonchev–Trinajstić information content (AvgIpc) is 3.79. The lowest BCUT2D eigenvalue weighted by atomic mass is 10.00. The second kappa shape index (κ2) is 13.8. The van der Waals surface area contributed by atoms with Gasteiger partial charge in [0.2, 0.25) is 0 Å². The fraction of sp³-hybridized carbons (Fsp3) is 0.441. The summed E-state index contributed by atoms with van der Waals surface area (Å²) in [5, 5.41) is 27.3. The minimum absolute atomic E-state index is 0.0415. The fourth-order valence-electron chi connectivity index (χ4n) is 6.44. The van der Waals surface area contributed by atoms with Gasteiger partial charge in [0.05, 0.1) is 35.9 Å². The maximum absolute atomic E-state index is 12.9. The Hall–Kier alpha value is -3.61. The summed E-state index contributed by atoms with van der Waals surface area (Å²) in [5.41, 5.74) is 5.68. The number of carbonyl (C=O) groups is 1. The van der Waals surface area contributed by atoms with Gasteiger partial charge in [-0.05, 0) is 50.1 Å². The van der Waals surface area contributed by atoms with Crippen LogP contribution in [-0.2, 0) is 24.4 Å². The highest BCUT2D eigenvalue weighted by Gasteiger charge is 2.34. The molecule has 10 nitrogen and oxygen atoms in total. The number of benzene rings is 2. The topological polar surface area (TPSA) is 110 Å². The first-order valence-corrected chi connectivity index (χ1v) is 16.6. The first kappa shape index (κ1) is 31.4. The molecule has 2 saturated heterocycles. The van der Waals surface area contributed by atoms with Gasteiger partial charge in [0.1, 0.15) is 16.9 Å². The van der Waals surface area contributed by atoms with Crippen LogP contribution >= 0.6 is 11.3 Å². The number of amides is 1. The summed E-state index contributed by atoms with van der Waals surface area (Å²) < 4.78 is 2.12. The third-order valence-electron chi connectivity index (χ3n) is 9.05. The summed E-state index contributed by atoms with van der Waals surface area (Å²) in [4.78, 5) is 29.1. The zero-order valence-corrected chi connectivity index (χ0v) is 26.9. The van der Waals surface area contributed by atoms with Crippen LogP contribution < -0.4 is 5.32 Å². The lowest BCUT2D eigenvalue weighted by Crippen LogP contribution is -2.45. The Labute approximate surface area is 268 Å². The number of thiazole rings is 1. The molecule has 6 rings (SSSR count). The molecule has 4 aromatic rings. The normalized spacial score (nSPS) is 19.2. The summed E-state index contributed by atoms with van der Waals surface area (Å²) in [5.74, 6) is 0.261. The highest BCUT2D eigenvalue weighted by molar-refractivity contribution is 7.09. The first-order chi connectivity index (χ1) is 21.8. The predicted molar refractivity (Wildman–Crippen MR) is 177 cm³/mol. The molecule has 0 saturated carbocycles. The third-order valence-corrected chi connectivity index (χ3v) is 9.95. The van der Waals surface area contributed by atoms with Crippen molar-refractivity contribution in [3.8, 4) is 0 Å². The van der Waals surface area contributed by atoms with Crippen molar-refractivity contribution in [2.24, 2.45) is 0 Å². The Morgan fingerprint density at radius 2 is 1.84 bits per heavy atom. The molecule has 45 heavy (non-hydrogen) atoms. The zero-order valence-electron chi connectivity index (χ0n) is 26.1. The van der Waals surface area contributed by atoms with Gasteiger partial charge in [0, 0.05) is 50.3 Å². The number of likely N-dealkylation sites (tertiary alicyclic amines) is 1. The van der Waals surface area contributed by atoms with Crippen LogP contribution in [0.25, 0.3) is 11.0 Å². The molecule has 2 aliphatic rings. The van der Waals surface area contributed by atoms with E-state index in [9.17, 15) is 15.0 Å². The van der Waals surface area contributed by atoms with Crippen LogP contribution in [0, 0.1) is 6.92 Å². The number of hydrogen-bond donors (Lipinski definition) is 3. The highest BCUT2D eigenvalue weighted by Crippen LogP contribution is 2.36. The molecule has 2 aromatic carbocycles. The van der Waals surface area contributed by atoms with Gasteiger partial charge in [-0.25, -0.2) is 9.97 Å². The van der Waals surface area contributed by atoms with Gasteiger partial charge in [-0.3, -0.25) is 9.69 Å². The second-order valence-electron chi connectivity index (χ2n) is 12.2. The van der Waals surface area contributed by atoms with E-state index < -0.39 is 18.1 Å².